The van der Waals surface area contributed by atoms with Gasteiger partial charge in [-0.1, -0.05) is 19.3 Å². The first-order chi connectivity index (χ1) is 8.55. The minimum atomic E-state index is -0.798. The zero-order valence-corrected chi connectivity index (χ0v) is 10.7. The van der Waals surface area contributed by atoms with Crippen LogP contribution in [0.15, 0.2) is 0 Å². The summed E-state index contributed by atoms with van der Waals surface area (Å²) < 4.78 is 0. The number of rotatable bonds is 5. The van der Waals surface area contributed by atoms with Gasteiger partial charge >= 0.3 is 5.97 Å². The van der Waals surface area contributed by atoms with Crippen LogP contribution >= 0.6 is 0 Å². The Labute approximate surface area is 107 Å². The van der Waals surface area contributed by atoms with Crippen LogP contribution < -0.4 is 11.1 Å². The molecule has 5 heteroatoms. The summed E-state index contributed by atoms with van der Waals surface area (Å²) in [4.78, 5) is 23.3. The molecule has 0 aromatic heterocycles. The van der Waals surface area contributed by atoms with Crippen molar-refractivity contribution in [2.24, 2.45) is 16.6 Å². The Morgan fingerprint density at radius 1 is 1.06 bits per heavy atom. The number of carboxylic acid groups (broad SMARTS) is 1. The van der Waals surface area contributed by atoms with Crippen LogP contribution in [0.2, 0.25) is 0 Å². The maximum atomic E-state index is 12.3. The lowest BCUT2D eigenvalue weighted by Crippen LogP contribution is -2.49. The van der Waals surface area contributed by atoms with Crippen LogP contribution in [0, 0.1) is 10.8 Å². The highest BCUT2D eigenvalue weighted by molar-refractivity contribution is 5.84. The molecule has 2 aliphatic carbocycles. The average molecular weight is 254 g/mol. The number of nitrogens with one attached hydrogen (secondary N) is 1. The van der Waals surface area contributed by atoms with Crippen molar-refractivity contribution < 1.29 is 14.7 Å². The molecule has 2 fully saturated rings. The zero-order chi connectivity index (χ0) is 13.2. The molecule has 2 saturated carbocycles. The van der Waals surface area contributed by atoms with E-state index in [4.69, 9.17) is 10.8 Å². The molecule has 18 heavy (non-hydrogen) atoms. The second kappa shape index (κ2) is 4.88. The van der Waals surface area contributed by atoms with Crippen LogP contribution in [-0.2, 0) is 9.59 Å². The van der Waals surface area contributed by atoms with Crippen LogP contribution in [0.5, 0.6) is 0 Å². The minimum absolute atomic E-state index is 0.0442. The number of aliphatic carboxylic acids is 1. The first kappa shape index (κ1) is 13.3. The lowest BCUT2D eigenvalue weighted by molar-refractivity contribution is -0.143. The maximum absolute atomic E-state index is 12.3. The lowest BCUT2D eigenvalue weighted by atomic mass is 9.73. The SMILES string of the molecule is NCC1(C(=O)NCC2(C(=O)O)CC2)CCCCC1. The summed E-state index contributed by atoms with van der Waals surface area (Å²) in [5.74, 6) is -0.842. The third-order valence-corrected chi connectivity index (χ3v) is 4.58. The van der Waals surface area contributed by atoms with Crippen LogP contribution in [0.1, 0.15) is 44.9 Å². The zero-order valence-electron chi connectivity index (χ0n) is 10.7. The number of hydrogen-bond donors (Lipinski definition) is 3. The van der Waals surface area contributed by atoms with Crippen molar-refractivity contribution in [2.75, 3.05) is 13.1 Å². The Kier molecular flexibility index (Phi) is 3.61. The fourth-order valence-electron chi connectivity index (χ4n) is 2.81. The number of hydrogen-bond acceptors (Lipinski definition) is 3. The third-order valence-electron chi connectivity index (χ3n) is 4.58. The fraction of sp³-hybridized carbons (Fsp3) is 0.846. The standard InChI is InChI=1S/C13H22N2O3/c14-8-12(4-2-1-3-5-12)10(16)15-9-13(6-7-13)11(17)18/h1-9,14H2,(H,15,16)(H,17,18). The van der Waals surface area contributed by atoms with Crippen LogP contribution in [0.3, 0.4) is 0 Å². The first-order valence-electron chi connectivity index (χ1n) is 6.76. The van der Waals surface area contributed by atoms with Gasteiger partial charge in [0.2, 0.25) is 5.91 Å². The Hall–Kier alpha value is -1.10. The smallest absolute Gasteiger partial charge is 0.311 e. The number of carboxylic acids is 1. The minimum Gasteiger partial charge on any atom is -0.481 e. The lowest BCUT2D eigenvalue weighted by Gasteiger charge is -2.35. The van der Waals surface area contributed by atoms with Crippen molar-refractivity contribution in [3.05, 3.63) is 0 Å². The van der Waals surface area contributed by atoms with Crippen molar-refractivity contribution in [1.29, 1.82) is 0 Å². The highest BCUT2D eigenvalue weighted by Crippen LogP contribution is 2.45. The molecule has 5 nitrogen and oxygen atoms in total. The van der Waals surface area contributed by atoms with Gasteiger partial charge in [-0.15, -0.1) is 0 Å². The molecule has 0 aromatic carbocycles. The molecule has 2 rings (SSSR count). The summed E-state index contributed by atoms with van der Waals surface area (Å²) in [7, 11) is 0. The molecule has 2 aliphatic rings. The molecule has 1 amide bonds. The van der Waals surface area contributed by atoms with E-state index in [2.05, 4.69) is 5.32 Å². The Bertz CT molecular complexity index is 344. The van der Waals surface area contributed by atoms with Gasteiger partial charge < -0.3 is 16.2 Å². The highest BCUT2D eigenvalue weighted by Gasteiger charge is 2.51. The van der Waals surface area contributed by atoms with Gasteiger partial charge in [-0.2, -0.15) is 0 Å². The van der Waals surface area contributed by atoms with Gasteiger partial charge in [-0.3, -0.25) is 9.59 Å². The summed E-state index contributed by atoms with van der Waals surface area (Å²) in [6.07, 6.45) is 6.22. The van der Waals surface area contributed by atoms with Crippen molar-refractivity contribution in [1.82, 2.24) is 5.32 Å². The summed E-state index contributed by atoms with van der Waals surface area (Å²) in [5.41, 5.74) is 4.63. The molecule has 0 aliphatic heterocycles. The largest absolute Gasteiger partial charge is 0.481 e. The van der Waals surface area contributed by atoms with Crippen molar-refractivity contribution in [3.63, 3.8) is 0 Å². The molecule has 102 valence electrons. The molecule has 0 aromatic rings. The number of amides is 1. The second-order valence-electron chi connectivity index (χ2n) is 5.81. The van der Waals surface area contributed by atoms with Crippen molar-refractivity contribution >= 4 is 11.9 Å². The van der Waals surface area contributed by atoms with E-state index in [1.54, 1.807) is 0 Å². The number of carbonyl (C=O) groups excluding carboxylic acids is 1. The van der Waals surface area contributed by atoms with Crippen LogP contribution in [0.4, 0.5) is 0 Å². The van der Waals surface area contributed by atoms with E-state index < -0.39 is 16.8 Å². The molecule has 0 saturated heterocycles. The van der Waals surface area contributed by atoms with Crippen molar-refractivity contribution in [2.45, 2.75) is 44.9 Å². The van der Waals surface area contributed by atoms with E-state index in [1.807, 2.05) is 0 Å². The summed E-state index contributed by atoms with van der Waals surface area (Å²) in [5, 5.41) is 11.9. The quantitative estimate of drug-likeness (QED) is 0.679. The van der Waals surface area contributed by atoms with Crippen molar-refractivity contribution in [3.8, 4) is 0 Å². The van der Waals surface area contributed by atoms with Gasteiger partial charge in [0.25, 0.3) is 0 Å². The predicted octanol–water partition coefficient (Wildman–Crippen LogP) is 0.877. The normalized spacial score (nSPS) is 24.3. The topological polar surface area (TPSA) is 92.4 Å². The van der Waals surface area contributed by atoms with E-state index >= 15 is 0 Å². The molecule has 0 heterocycles. The number of nitrogens with two attached hydrogens (primary N) is 1. The van der Waals surface area contributed by atoms with Crippen LogP contribution in [-0.4, -0.2) is 30.1 Å². The van der Waals surface area contributed by atoms with Gasteiger partial charge in [0.1, 0.15) is 0 Å². The first-order valence-corrected chi connectivity index (χ1v) is 6.76. The van der Waals surface area contributed by atoms with E-state index in [1.165, 1.54) is 0 Å². The van der Waals surface area contributed by atoms with Gasteiger partial charge in [-0.05, 0) is 25.7 Å². The third kappa shape index (κ3) is 2.36. The second-order valence-corrected chi connectivity index (χ2v) is 5.81. The monoisotopic (exact) mass is 254 g/mol. The summed E-state index contributed by atoms with van der Waals surface area (Å²) >= 11 is 0. The predicted molar refractivity (Wildman–Crippen MR) is 66.9 cm³/mol. The Balaban J connectivity index is 1.92. The summed E-state index contributed by atoms with van der Waals surface area (Å²) in [6.45, 7) is 0.613. The molecule has 0 atom stereocenters. The molecule has 0 bridgehead atoms. The van der Waals surface area contributed by atoms with Gasteiger partial charge in [0.15, 0.2) is 0 Å². The highest BCUT2D eigenvalue weighted by atomic mass is 16.4. The molecular formula is C13H22N2O3. The summed E-state index contributed by atoms with van der Waals surface area (Å²) in [6, 6.07) is 0. The maximum Gasteiger partial charge on any atom is 0.311 e. The van der Waals surface area contributed by atoms with E-state index in [0.717, 1.165) is 32.1 Å². The molecule has 0 unspecified atom stereocenters. The Morgan fingerprint density at radius 2 is 1.67 bits per heavy atom. The van der Waals surface area contributed by atoms with Crippen LogP contribution in [0.25, 0.3) is 0 Å². The van der Waals surface area contributed by atoms with E-state index in [0.29, 0.717) is 19.4 Å². The van der Waals surface area contributed by atoms with E-state index in [-0.39, 0.29) is 12.5 Å². The Morgan fingerprint density at radius 3 is 2.11 bits per heavy atom. The average Bonchev–Trinajstić information content (AvgIpc) is 3.18. The van der Waals surface area contributed by atoms with Gasteiger partial charge in [-0.25, -0.2) is 0 Å². The fourth-order valence-corrected chi connectivity index (χ4v) is 2.81. The number of carbonyl (C=O) groups is 2. The van der Waals surface area contributed by atoms with Gasteiger partial charge in [0.05, 0.1) is 10.8 Å². The van der Waals surface area contributed by atoms with Gasteiger partial charge in [0, 0.05) is 13.1 Å². The molecular weight excluding hydrogens is 232 g/mol. The molecule has 0 radical (unpaired) electrons. The molecule has 4 N–H and O–H groups in total. The molecule has 0 spiro atoms. The van der Waals surface area contributed by atoms with E-state index in [9.17, 15) is 9.59 Å².